The van der Waals surface area contributed by atoms with Gasteiger partial charge >= 0.3 is 17.9 Å². The maximum absolute atomic E-state index is 12.8. The molecule has 0 aromatic rings. The summed E-state index contributed by atoms with van der Waals surface area (Å²) in [6, 6.07) is 0. The number of rotatable bonds is 49. The zero-order chi connectivity index (χ0) is 47.2. The lowest BCUT2D eigenvalue weighted by atomic mass is 10.1. The van der Waals surface area contributed by atoms with Crippen molar-refractivity contribution in [1.82, 2.24) is 0 Å². The van der Waals surface area contributed by atoms with Crippen molar-refractivity contribution in [3.63, 3.8) is 0 Å². The van der Waals surface area contributed by atoms with Gasteiger partial charge in [0.25, 0.3) is 0 Å². The van der Waals surface area contributed by atoms with Crippen LogP contribution in [0.4, 0.5) is 0 Å². The molecule has 0 aliphatic heterocycles. The summed E-state index contributed by atoms with van der Waals surface area (Å²) in [6.07, 6.45) is 67.6. The molecule has 0 bridgehead atoms. The molecule has 0 aromatic heterocycles. The van der Waals surface area contributed by atoms with Crippen molar-refractivity contribution >= 4 is 17.9 Å². The minimum atomic E-state index is -0.808. The third kappa shape index (κ3) is 51.7. The van der Waals surface area contributed by atoms with Gasteiger partial charge in [0.15, 0.2) is 6.10 Å². The van der Waals surface area contributed by atoms with Crippen LogP contribution >= 0.6 is 0 Å². The van der Waals surface area contributed by atoms with E-state index in [1.54, 1.807) is 0 Å². The van der Waals surface area contributed by atoms with Crippen molar-refractivity contribution in [3.05, 3.63) is 72.9 Å². The third-order valence-corrected chi connectivity index (χ3v) is 11.7. The topological polar surface area (TPSA) is 78.9 Å². The Hall–Kier alpha value is -3.15. The second-order valence-electron chi connectivity index (χ2n) is 18.1. The van der Waals surface area contributed by atoms with E-state index in [0.29, 0.717) is 19.3 Å². The number of hydrogen-bond acceptors (Lipinski definition) is 6. The zero-order valence-corrected chi connectivity index (χ0v) is 42.7. The molecule has 0 saturated carbocycles. The van der Waals surface area contributed by atoms with E-state index in [-0.39, 0.29) is 37.5 Å². The standard InChI is InChI=1S/C59H102O6/c1-4-7-10-13-16-19-22-25-27-29-30-32-34-37-40-43-46-49-52-58(61)64-55-56(54-63-57(60)51-48-45-42-39-36-33-24-21-18-15-12-9-6-3)65-59(62)53-50-47-44-41-38-35-31-28-26-23-20-17-14-11-8-5-2/h8,11,17,20,26,28,30,32-33,36,42,45,56H,4-7,9-10,12-16,18-19,21-25,27,29,31,34-35,37-41,43-44,46-55H2,1-3H3/b11-8-,20-17-,28-26-,32-30-,36-33-,45-42-. The molecule has 0 spiro atoms. The Labute approximate surface area is 402 Å². The highest BCUT2D eigenvalue weighted by atomic mass is 16.6. The molecular formula is C59H102O6. The van der Waals surface area contributed by atoms with Gasteiger partial charge in [-0.2, -0.15) is 0 Å². The summed E-state index contributed by atoms with van der Waals surface area (Å²) in [5, 5.41) is 0. The van der Waals surface area contributed by atoms with Crippen LogP contribution in [0, 0.1) is 0 Å². The first-order valence-electron chi connectivity index (χ1n) is 27.4. The molecule has 0 radical (unpaired) electrons. The molecule has 0 saturated heterocycles. The first-order chi connectivity index (χ1) is 32.0. The van der Waals surface area contributed by atoms with Crippen molar-refractivity contribution in [2.75, 3.05) is 13.2 Å². The summed E-state index contributed by atoms with van der Waals surface area (Å²) in [7, 11) is 0. The number of unbranched alkanes of at least 4 members (excludes halogenated alkanes) is 26. The minimum absolute atomic E-state index is 0.102. The van der Waals surface area contributed by atoms with Crippen molar-refractivity contribution in [1.29, 1.82) is 0 Å². The number of ether oxygens (including phenoxy) is 3. The Kier molecular flexibility index (Phi) is 50.9. The second kappa shape index (κ2) is 53.5. The van der Waals surface area contributed by atoms with Gasteiger partial charge in [0.05, 0.1) is 0 Å². The second-order valence-corrected chi connectivity index (χ2v) is 18.1. The van der Waals surface area contributed by atoms with E-state index in [4.69, 9.17) is 14.2 Å². The number of allylic oxidation sites excluding steroid dienone is 12. The van der Waals surface area contributed by atoms with Crippen LogP contribution in [0.5, 0.6) is 0 Å². The van der Waals surface area contributed by atoms with Crippen LogP contribution in [0.15, 0.2) is 72.9 Å². The maximum Gasteiger partial charge on any atom is 0.306 e. The van der Waals surface area contributed by atoms with Crippen molar-refractivity contribution in [3.8, 4) is 0 Å². The zero-order valence-electron chi connectivity index (χ0n) is 42.7. The summed E-state index contributed by atoms with van der Waals surface area (Å²) in [5.74, 6) is -0.989. The fourth-order valence-corrected chi connectivity index (χ4v) is 7.56. The summed E-state index contributed by atoms with van der Waals surface area (Å²) < 4.78 is 16.8. The molecule has 6 heteroatoms. The lowest BCUT2D eigenvalue weighted by Gasteiger charge is -2.18. The average Bonchev–Trinajstić information content (AvgIpc) is 3.30. The predicted octanol–water partition coefficient (Wildman–Crippen LogP) is 18.2. The Morgan fingerprint density at radius 2 is 0.631 bits per heavy atom. The van der Waals surface area contributed by atoms with E-state index in [2.05, 4.69) is 87.6 Å². The highest BCUT2D eigenvalue weighted by molar-refractivity contribution is 5.71. The molecule has 0 aromatic carbocycles. The monoisotopic (exact) mass is 907 g/mol. The Morgan fingerprint density at radius 1 is 0.323 bits per heavy atom. The van der Waals surface area contributed by atoms with Gasteiger partial charge in [-0.25, -0.2) is 0 Å². The molecule has 0 fully saturated rings. The van der Waals surface area contributed by atoms with E-state index < -0.39 is 6.10 Å². The minimum Gasteiger partial charge on any atom is -0.462 e. The van der Waals surface area contributed by atoms with Crippen LogP contribution in [0.3, 0.4) is 0 Å². The quantitative estimate of drug-likeness (QED) is 0.0262. The molecule has 1 atom stereocenters. The van der Waals surface area contributed by atoms with Crippen LogP contribution in [-0.4, -0.2) is 37.2 Å². The molecule has 0 aliphatic rings. The highest BCUT2D eigenvalue weighted by Crippen LogP contribution is 2.14. The number of hydrogen-bond donors (Lipinski definition) is 0. The number of carbonyl (C=O) groups is 3. The van der Waals surface area contributed by atoms with Crippen LogP contribution in [-0.2, 0) is 28.6 Å². The Morgan fingerprint density at radius 3 is 1.05 bits per heavy atom. The number of carbonyl (C=O) groups excluding carboxylic acids is 3. The first-order valence-corrected chi connectivity index (χ1v) is 27.4. The SMILES string of the molecule is CC/C=C\C/C=C\C/C=C\CCCCCCCCC(=O)OC(COC(=O)CC/C=C\C/C=C\CCCCCCCC)COC(=O)CCCCCCC/C=C\CCCCCCCCCCC. The summed E-state index contributed by atoms with van der Waals surface area (Å²) >= 11 is 0. The van der Waals surface area contributed by atoms with Crippen molar-refractivity contribution < 1.29 is 28.6 Å². The van der Waals surface area contributed by atoms with E-state index >= 15 is 0 Å². The van der Waals surface area contributed by atoms with Gasteiger partial charge in [0.2, 0.25) is 0 Å². The normalized spacial score (nSPS) is 12.6. The van der Waals surface area contributed by atoms with Crippen LogP contribution in [0.25, 0.3) is 0 Å². The van der Waals surface area contributed by atoms with Gasteiger partial charge in [0, 0.05) is 19.3 Å². The lowest BCUT2D eigenvalue weighted by molar-refractivity contribution is -0.166. The van der Waals surface area contributed by atoms with Gasteiger partial charge < -0.3 is 14.2 Å². The third-order valence-electron chi connectivity index (χ3n) is 11.7. The highest BCUT2D eigenvalue weighted by Gasteiger charge is 2.19. The van der Waals surface area contributed by atoms with Crippen LogP contribution in [0.1, 0.15) is 265 Å². The summed E-state index contributed by atoms with van der Waals surface area (Å²) in [5.41, 5.74) is 0. The van der Waals surface area contributed by atoms with Crippen LogP contribution in [0.2, 0.25) is 0 Å². The van der Waals surface area contributed by atoms with Gasteiger partial charge in [0.1, 0.15) is 13.2 Å². The fourth-order valence-electron chi connectivity index (χ4n) is 7.56. The molecule has 374 valence electrons. The van der Waals surface area contributed by atoms with Gasteiger partial charge in [-0.3, -0.25) is 14.4 Å². The summed E-state index contributed by atoms with van der Waals surface area (Å²) in [6.45, 7) is 6.46. The number of esters is 3. The van der Waals surface area contributed by atoms with Gasteiger partial charge in [-0.05, 0) is 96.3 Å². The molecule has 1 unspecified atom stereocenters. The summed E-state index contributed by atoms with van der Waals surface area (Å²) in [4.78, 5) is 38.0. The van der Waals surface area contributed by atoms with E-state index in [1.165, 1.54) is 128 Å². The smallest absolute Gasteiger partial charge is 0.306 e. The van der Waals surface area contributed by atoms with Crippen molar-refractivity contribution in [2.45, 2.75) is 271 Å². The molecule has 6 nitrogen and oxygen atoms in total. The average molecular weight is 907 g/mol. The Bertz CT molecular complexity index is 1230. The lowest BCUT2D eigenvalue weighted by Crippen LogP contribution is -2.30. The molecule has 0 N–H and O–H groups in total. The molecule has 65 heavy (non-hydrogen) atoms. The molecule has 0 heterocycles. The molecule has 0 rings (SSSR count). The molecular weight excluding hydrogens is 805 g/mol. The van der Waals surface area contributed by atoms with Crippen molar-refractivity contribution in [2.24, 2.45) is 0 Å². The molecule has 0 amide bonds. The maximum atomic E-state index is 12.8. The van der Waals surface area contributed by atoms with Gasteiger partial charge in [-0.15, -0.1) is 0 Å². The van der Waals surface area contributed by atoms with E-state index in [9.17, 15) is 14.4 Å². The van der Waals surface area contributed by atoms with E-state index in [1.807, 2.05) is 6.08 Å². The molecule has 0 aliphatic carbocycles. The first kappa shape index (κ1) is 61.9. The fraction of sp³-hybridized carbons (Fsp3) is 0.746. The van der Waals surface area contributed by atoms with E-state index in [0.717, 1.165) is 89.9 Å². The van der Waals surface area contributed by atoms with Gasteiger partial charge in [-0.1, -0.05) is 222 Å². The largest absolute Gasteiger partial charge is 0.462 e. The Balaban J connectivity index is 4.44. The van der Waals surface area contributed by atoms with Crippen LogP contribution < -0.4 is 0 Å². The predicted molar refractivity (Wildman–Crippen MR) is 279 cm³/mol.